The van der Waals surface area contributed by atoms with Crippen LogP contribution in [-0.4, -0.2) is 42.2 Å². The van der Waals surface area contributed by atoms with E-state index in [1.807, 2.05) is 32.0 Å². The molecule has 1 aromatic rings. The van der Waals surface area contributed by atoms with Crippen LogP contribution in [0.5, 0.6) is 0 Å². The Bertz CT molecular complexity index is 596. The van der Waals surface area contributed by atoms with E-state index in [1.54, 1.807) is 4.90 Å². The Labute approximate surface area is 137 Å². The maximum atomic E-state index is 12.4. The zero-order chi connectivity index (χ0) is 16.9. The third kappa shape index (κ3) is 3.72. The van der Waals surface area contributed by atoms with Gasteiger partial charge in [0.2, 0.25) is 5.91 Å². The average molecular weight is 315 g/mol. The number of fused-ring (bicyclic) bond motifs is 1. The van der Waals surface area contributed by atoms with Crippen molar-refractivity contribution in [1.29, 1.82) is 5.26 Å². The van der Waals surface area contributed by atoms with Crippen molar-refractivity contribution in [1.82, 2.24) is 10.2 Å². The number of hydrogen-bond donors (Lipinski definition) is 2. The monoisotopic (exact) mass is 315 g/mol. The smallest absolute Gasteiger partial charge is 0.236 e. The second-order valence-corrected chi connectivity index (χ2v) is 6.21. The van der Waals surface area contributed by atoms with Crippen LogP contribution in [0.25, 0.3) is 0 Å². The number of nitrogens with one attached hydrogen (secondary N) is 1. The van der Waals surface area contributed by atoms with E-state index in [9.17, 15) is 9.90 Å². The summed E-state index contributed by atoms with van der Waals surface area (Å²) in [5, 5.41) is 22.1. The topological polar surface area (TPSA) is 76.4 Å². The highest BCUT2D eigenvalue weighted by atomic mass is 16.3. The normalized spacial score (nSPS) is 20.6. The van der Waals surface area contributed by atoms with Crippen molar-refractivity contribution in [3.8, 4) is 6.07 Å². The first kappa shape index (κ1) is 17.5. The highest BCUT2D eigenvalue weighted by Gasteiger charge is 2.38. The van der Waals surface area contributed by atoms with E-state index in [-0.39, 0.29) is 25.0 Å². The molecule has 0 fully saturated rings. The quantitative estimate of drug-likeness (QED) is 0.798. The summed E-state index contributed by atoms with van der Waals surface area (Å²) in [6, 6.07) is 10.2. The minimum Gasteiger partial charge on any atom is -0.394 e. The molecule has 1 aromatic carbocycles. The molecule has 5 heteroatoms. The van der Waals surface area contributed by atoms with E-state index in [0.29, 0.717) is 13.1 Å². The van der Waals surface area contributed by atoms with Crippen LogP contribution in [-0.2, 0) is 16.8 Å². The molecule has 2 rings (SSSR count). The van der Waals surface area contributed by atoms with Gasteiger partial charge in [0.05, 0.1) is 30.7 Å². The van der Waals surface area contributed by atoms with E-state index in [4.69, 9.17) is 5.26 Å². The van der Waals surface area contributed by atoms with Crippen LogP contribution in [0.4, 0.5) is 0 Å². The largest absolute Gasteiger partial charge is 0.394 e. The first-order valence-electron chi connectivity index (χ1n) is 8.18. The summed E-state index contributed by atoms with van der Waals surface area (Å²) in [7, 11) is 0. The van der Waals surface area contributed by atoms with Crippen molar-refractivity contribution in [3.63, 3.8) is 0 Å². The Kier molecular flexibility index (Phi) is 5.75. The highest BCUT2D eigenvalue weighted by molar-refractivity contribution is 5.78. The van der Waals surface area contributed by atoms with E-state index in [0.717, 1.165) is 18.4 Å². The van der Waals surface area contributed by atoms with Crippen LogP contribution >= 0.6 is 0 Å². The Morgan fingerprint density at radius 1 is 1.52 bits per heavy atom. The number of aliphatic hydroxyl groups is 1. The molecule has 0 aliphatic heterocycles. The first-order valence-corrected chi connectivity index (χ1v) is 8.18. The SMILES string of the molecule is CCN(CC(C)C#N)C(=O)CNC1(CO)CCc2ccccc21. The minimum absolute atomic E-state index is 0.0297. The summed E-state index contributed by atoms with van der Waals surface area (Å²) in [6.45, 7) is 4.88. The lowest BCUT2D eigenvalue weighted by molar-refractivity contribution is -0.130. The summed E-state index contributed by atoms with van der Waals surface area (Å²) in [4.78, 5) is 14.1. The summed E-state index contributed by atoms with van der Waals surface area (Å²) in [5.41, 5.74) is 1.78. The molecular formula is C18H25N3O2. The molecule has 2 N–H and O–H groups in total. The molecule has 2 unspecified atom stereocenters. The van der Waals surface area contributed by atoms with E-state index < -0.39 is 5.54 Å². The van der Waals surface area contributed by atoms with Crippen molar-refractivity contribution >= 4 is 5.91 Å². The van der Waals surface area contributed by atoms with Gasteiger partial charge in [-0.25, -0.2) is 0 Å². The van der Waals surface area contributed by atoms with Crippen molar-refractivity contribution in [2.45, 2.75) is 32.2 Å². The van der Waals surface area contributed by atoms with Crippen LogP contribution in [0.3, 0.4) is 0 Å². The zero-order valence-electron chi connectivity index (χ0n) is 13.9. The fourth-order valence-electron chi connectivity index (χ4n) is 3.23. The van der Waals surface area contributed by atoms with E-state index >= 15 is 0 Å². The van der Waals surface area contributed by atoms with Crippen molar-refractivity contribution < 1.29 is 9.90 Å². The van der Waals surface area contributed by atoms with Gasteiger partial charge in [-0.05, 0) is 37.8 Å². The van der Waals surface area contributed by atoms with Crippen LogP contribution in [0, 0.1) is 17.2 Å². The van der Waals surface area contributed by atoms with E-state index in [1.165, 1.54) is 5.56 Å². The standard InChI is InChI=1S/C18H25N3O2/c1-3-21(12-14(2)10-19)17(23)11-20-18(13-22)9-8-15-6-4-5-7-16(15)18/h4-7,14,20,22H,3,8-9,11-13H2,1-2H3. The number of carbonyl (C=O) groups excluding carboxylic acids is 1. The van der Waals surface area contributed by atoms with Crippen LogP contribution in [0.15, 0.2) is 24.3 Å². The van der Waals surface area contributed by atoms with E-state index in [2.05, 4.69) is 17.5 Å². The number of rotatable bonds is 7. The maximum Gasteiger partial charge on any atom is 0.236 e. The number of aryl methyl sites for hydroxylation is 1. The predicted octanol–water partition coefficient (Wildman–Crippen LogP) is 1.42. The van der Waals surface area contributed by atoms with Gasteiger partial charge in [-0.2, -0.15) is 5.26 Å². The molecule has 1 amide bonds. The zero-order valence-corrected chi connectivity index (χ0v) is 13.9. The number of nitriles is 1. The Morgan fingerprint density at radius 2 is 2.26 bits per heavy atom. The number of carbonyl (C=O) groups is 1. The third-order valence-electron chi connectivity index (χ3n) is 4.65. The van der Waals surface area contributed by atoms with Gasteiger partial charge in [-0.1, -0.05) is 24.3 Å². The molecule has 0 radical (unpaired) electrons. The van der Waals surface area contributed by atoms with Gasteiger partial charge in [0.1, 0.15) is 0 Å². The highest BCUT2D eigenvalue weighted by Crippen LogP contribution is 2.36. The second kappa shape index (κ2) is 7.58. The number of nitrogens with zero attached hydrogens (tertiary/aromatic N) is 2. The number of likely N-dealkylation sites (N-methyl/N-ethyl adjacent to an activating group) is 1. The van der Waals surface area contributed by atoms with Crippen LogP contribution in [0.2, 0.25) is 0 Å². The van der Waals surface area contributed by atoms with Crippen LogP contribution in [0.1, 0.15) is 31.4 Å². The molecule has 1 aliphatic rings. The molecule has 5 nitrogen and oxygen atoms in total. The summed E-state index contributed by atoms with van der Waals surface area (Å²) < 4.78 is 0. The molecule has 1 aliphatic carbocycles. The Balaban J connectivity index is 2.04. The molecule has 124 valence electrons. The number of benzene rings is 1. The van der Waals surface area contributed by atoms with Gasteiger partial charge in [0.25, 0.3) is 0 Å². The van der Waals surface area contributed by atoms with Gasteiger partial charge < -0.3 is 10.0 Å². The summed E-state index contributed by atoms with van der Waals surface area (Å²) in [6.07, 6.45) is 1.69. The molecule has 0 spiro atoms. The summed E-state index contributed by atoms with van der Waals surface area (Å²) >= 11 is 0. The van der Waals surface area contributed by atoms with Crippen LogP contribution < -0.4 is 5.32 Å². The number of amides is 1. The summed E-state index contributed by atoms with van der Waals surface area (Å²) in [5.74, 6) is -0.218. The predicted molar refractivity (Wildman–Crippen MR) is 88.6 cm³/mol. The molecule has 2 atom stereocenters. The Hall–Kier alpha value is -1.90. The van der Waals surface area contributed by atoms with Crippen molar-refractivity contribution in [2.75, 3.05) is 26.2 Å². The second-order valence-electron chi connectivity index (χ2n) is 6.21. The van der Waals surface area contributed by atoms with Crippen molar-refractivity contribution in [3.05, 3.63) is 35.4 Å². The van der Waals surface area contributed by atoms with Gasteiger partial charge in [0.15, 0.2) is 0 Å². The van der Waals surface area contributed by atoms with Crippen molar-refractivity contribution in [2.24, 2.45) is 5.92 Å². The van der Waals surface area contributed by atoms with Gasteiger partial charge in [0, 0.05) is 13.1 Å². The molecule has 0 heterocycles. The van der Waals surface area contributed by atoms with Gasteiger partial charge in [-0.3, -0.25) is 10.1 Å². The molecule has 0 saturated heterocycles. The maximum absolute atomic E-state index is 12.4. The fourth-order valence-corrected chi connectivity index (χ4v) is 3.23. The molecule has 0 aromatic heterocycles. The lowest BCUT2D eigenvalue weighted by atomic mass is 9.92. The first-order chi connectivity index (χ1) is 11.1. The average Bonchev–Trinajstić information content (AvgIpc) is 2.96. The number of hydrogen-bond acceptors (Lipinski definition) is 4. The molecule has 0 saturated carbocycles. The molecular weight excluding hydrogens is 290 g/mol. The Morgan fingerprint density at radius 3 is 2.91 bits per heavy atom. The van der Waals surface area contributed by atoms with Gasteiger partial charge >= 0.3 is 0 Å². The molecule has 0 bridgehead atoms. The fraction of sp³-hybridized carbons (Fsp3) is 0.556. The van der Waals surface area contributed by atoms with Gasteiger partial charge in [-0.15, -0.1) is 0 Å². The lowest BCUT2D eigenvalue weighted by Crippen LogP contribution is -2.49. The molecule has 23 heavy (non-hydrogen) atoms. The minimum atomic E-state index is -0.535. The number of aliphatic hydroxyl groups excluding tert-OH is 1. The lowest BCUT2D eigenvalue weighted by Gasteiger charge is -2.31. The third-order valence-corrected chi connectivity index (χ3v) is 4.65.